The number of piperidine rings is 1. The minimum Gasteiger partial charge on any atom is -0.396 e. The highest BCUT2D eigenvalue weighted by Crippen LogP contribution is 2.31. The first-order chi connectivity index (χ1) is 11.1. The Labute approximate surface area is 136 Å². The van der Waals surface area contributed by atoms with E-state index in [2.05, 4.69) is 6.58 Å². The van der Waals surface area contributed by atoms with Crippen molar-refractivity contribution in [2.75, 3.05) is 19.7 Å². The maximum Gasteiger partial charge on any atom is 0.259 e. The highest BCUT2D eigenvalue weighted by molar-refractivity contribution is 6.10. The molecule has 0 spiro atoms. The average molecular weight is 314 g/mol. The van der Waals surface area contributed by atoms with Crippen LogP contribution in [-0.2, 0) is 4.79 Å². The van der Waals surface area contributed by atoms with Crippen LogP contribution in [0.5, 0.6) is 0 Å². The summed E-state index contributed by atoms with van der Waals surface area (Å²) in [6.07, 6.45) is 3.57. The maximum absolute atomic E-state index is 12.7. The Morgan fingerprint density at radius 2 is 2.00 bits per heavy atom. The predicted octanol–water partition coefficient (Wildman–Crippen LogP) is 1.88. The van der Waals surface area contributed by atoms with Crippen LogP contribution < -0.4 is 0 Å². The molecule has 0 aliphatic carbocycles. The molecule has 122 valence electrons. The molecule has 3 rings (SSSR count). The highest BCUT2D eigenvalue weighted by Gasteiger charge is 2.34. The van der Waals surface area contributed by atoms with Crippen molar-refractivity contribution in [3.63, 3.8) is 0 Å². The van der Waals surface area contributed by atoms with Gasteiger partial charge < -0.3 is 10.0 Å². The lowest BCUT2D eigenvalue weighted by molar-refractivity contribution is -0.135. The van der Waals surface area contributed by atoms with Crippen LogP contribution in [0.4, 0.5) is 0 Å². The summed E-state index contributed by atoms with van der Waals surface area (Å²) in [5.41, 5.74) is 2.00. The van der Waals surface area contributed by atoms with Crippen molar-refractivity contribution < 1.29 is 14.7 Å². The molecule has 2 amide bonds. The first kappa shape index (κ1) is 15.7. The second-order valence-electron chi connectivity index (χ2n) is 6.13. The number of nitrogens with zero attached hydrogens (tertiary/aromatic N) is 2. The summed E-state index contributed by atoms with van der Waals surface area (Å²) in [4.78, 5) is 28.5. The standard InChI is InChI=1S/C18H22N2O3/c1-13-15-7-2-3-8-16(15)18(23)20(13)12-17(22)19-10-5-4-6-14(19)9-11-21/h2-3,7-8,14,21H,1,4-6,9-12H2. The van der Waals surface area contributed by atoms with Crippen molar-refractivity contribution in [1.29, 1.82) is 0 Å². The molecule has 0 saturated carbocycles. The maximum atomic E-state index is 12.7. The van der Waals surface area contributed by atoms with E-state index in [0.29, 0.717) is 24.2 Å². The number of fused-ring (bicyclic) bond motifs is 1. The lowest BCUT2D eigenvalue weighted by atomic mass is 9.99. The van der Waals surface area contributed by atoms with Crippen LogP contribution in [0.25, 0.3) is 5.70 Å². The molecule has 5 heteroatoms. The third-order valence-corrected chi connectivity index (χ3v) is 4.74. The van der Waals surface area contributed by atoms with Crippen molar-refractivity contribution >= 4 is 17.5 Å². The third-order valence-electron chi connectivity index (χ3n) is 4.74. The number of hydrogen-bond donors (Lipinski definition) is 1. The fraction of sp³-hybridized carbons (Fsp3) is 0.444. The average Bonchev–Trinajstić information content (AvgIpc) is 2.81. The lowest BCUT2D eigenvalue weighted by Gasteiger charge is -2.36. The van der Waals surface area contributed by atoms with Gasteiger partial charge in [-0.15, -0.1) is 0 Å². The fourth-order valence-electron chi connectivity index (χ4n) is 3.51. The molecule has 2 aliphatic heterocycles. The SMILES string of the molecule is C=C1c2ccccc2C(=O)N1CC(=O)N1CCCCC1CCO. The number of carbonyl (C=O) groups is 2. The topological polar surface area (TPSA) is 60.9 Å². The van der Waals surface area contributed by atoms with Crippen LogP contribution in [0.15, 0.2) is 30.8 Å². The Bertz CT molecular complexity index is 604. The number of likely N-dealkylation sites (tertiary alicyclic amines) is 1. The summed E-state index contributed by atoms with van der Waals surface area (Å²) in [5, 5.41) is 9.19. The van der Waals surface area contributed by atoms with E-state index >= 15 is 0 Å². The van der Waals surface area contributed by atoms with E-state index in [9.17, 15) is 14.7 Å². The first-order valence-corrected chi connectivity index (χ1v) is 8.14. The quantitative estimate of drug-likeness (QED) is 0.923. The number of aliphatic hydroxyl groups is 1. The van der Waals surface area contributed by atoms with Crippen molar-refractivity contribution in [3.05, 3.63) is 42.0 Å². The van der Waals surface area contributed by atoms with Crippen LogP contribution >= 0.6 is 0 Å². The van der Waals surface area contributed by atoms with Gasteiger partial charge in [-0.25, -0.2) is 0 Å². The van der Waals surface area contributed by atoms with Crippen molar-refractivity contribution in [3.8, 4) is 0 Å². The molecule has 0 bridgehead atoms. The minimum atomic E-state index is -0.158. The van der Waals surface area contributed by atoms with Crippen molar-refractivity contribution in [1.82, 2.24) is 9.80 Å². The molecule has 1 unspecified atom stereocenters. The molecule has 2 aliphatic rings. The molecule has 2 heterocycles. The van der Waals surface area contributed by atoms with E-state index < -0.39 is 0 Å². The van der Waals surface area contributed by atoms with Gasteiger partial charge in [0.1, 0.15) is 6.54 Å². The predicted molar refractivity (Wildman–Crippen MR) is 87.6 cm³/mol. The van der Waals surface area contributed by atoms with Gasteiger partial charge in [-0.2, -0.15) is 0 Å². The Morgan fingerprint density at radius 1 is 1.26 bits per heavy atom. The second-order valence-corrected chi connectivity index (χ2v) is 6.13. The van der Waals surface area contributed by atoms with E-state index in [1.807, 2.05) is 23.1 Å². The zero-order valence-electron chi connectivity index (χ0n) is 13.2. The van der Waals surface area contributed by atoms with Crippen LogP contribution in [-0.4, -0.2) is 52.5 Å². The molecule has 0 radical (unpaired) electrons. The monoisotopic (exact) mass is 314 g/mol. The molecule has 1 aromatic carbocycles. The van der Waals surface area contributed by atoms with Crippen LogP contribution in [0.1, 0.15) is 41.6 Å². The van der Waals surface area contributed by atoms with Gasteiger partial charge in [0.2, 0.25) is 5.91 Å². The summed E-state index contributed by atoms with van der Waals surface area (Å²) in [6, 6.07) is 7.38. The van der Waals surface area contributed by atoms with Gasteiger partial charge in [-0.1, -0.05) is 24.8 Å². The number of hydrogen-bond acceptors (Lipinski definition) is 3. The van der Waals surface area contributed by atoms with E-state index in [0.717, 1.165) is 24.8 Å². The third kappa shape index (κ3) is 2.88. The molecular formula is C18H22N2O3. The molecule has 0 aromatic heterocycles. The van der Waals surface area contributed by atoms with Crippen LogP contribution in [0.2, 0.25) is 0 Å². The molecular weight excluding hydrogens is 292 g/mol. The summed E-state index contributed by atoms with van der Waals surface area (Å²) in [7, 11) is 0. The number of benzene rings is 1. The highest BCUT2D eigenvalue weighted by atomic mass is 16.3. The van der Waals surface area contributed by atoms with Gasteiger partial charge in [0.25, 0.3) is 5.91 Å². The van der Waals surface area contributed by atoms with Crippen LogP contribution in [0.3, 0.4) is 0 Å². The van der Waals surface area contributed by atoms with E-state index in [-0.39, 0.29) is 31.0 Å². The Morgan fingerprint density at radius 3 is 2.70 bits per heavy atom. The fourth-order valence-corrected chi connectivity index (χ4v) is 3.51. The normalized spacial score (nSPS) is 20.8. The van der Waals surface area contributed by atoms with Gasteiger partial charge in [0.05, 0.1) is 0 Å². The molecule has 1 fully saturated rings. The molecule has 1 aromatic rings. The Kier molecular flexibility index (Phi) is 4.48. The molecule has 1 N–H and O–H groups in total. The molecule has 1 atom stereocenters. The minimum absolute atomic E-state index is 0.0221. The summed E-state index contributed by atoms with van der Waals surface area (Å²) < 4.78 is 0. The Hall–Kier alpha value is -2.14. The van der Waals surface area contributed by atoms with E-state index in [1.165, 1.54) is 4.90 Å². The molecule has 5 nitrogen and oxygen atoms in total. The van der Waals surface area contributed by atoms with Gasteiger partial charge in [0, 0.05) is 36.0 Å². The number of aliphatic hydroxyl groups excluding tert-OH is 1. The lowest BCUT2D eigenvalue weighted by Crippen LogP contribution is -2.48. The summed E-state index contributed by atoms with van der Waals surface area (Å²) in [6.45, 7) is 4.78. The van der Waals surface area contributed by atoms with E-state index in [4.69, 9.17) is 0 Å². The second kappa shape index (κ2) is 6.54. The largest absolute Gasteiger partial charge is 0.396 e. The first-order valence-electron chi connectivity index (χ1n) is 8.14. The van der Waals surface area contributed by atoms with E-state index in [1.54, 1.807) is 6.07 Å². The van der Waals surface area contributed by atoms with Gasteiger partial charge >= 0.3 is 0 Å². The van der Waals surface area contributed by atoms with Gasteiger partial charge in [0.15, 0.2) is 0 Å². The zero-order chi connectivity index (χ0) is 16.4. The number of rotatable bonds is 4. The summed E-state index contributed by atoms with van der Waals surface area (Å²) >= 11 is 0. The number of amides is 2. The number of carbonyl (C=O) groups excluding carboxylic acids is 2. The molecule has 23 heavy (non-hydrogen) atoms. The Balaban J connectivity index is 1.73. The van der Waals surface area contributed by atoms with Crippen LogP contribution in [0, 0.1) is 0 Å². The smallest absolute Gasteiger partial charge is 0.259 e. The zero-order valence-corrected chi connectivity index (χ0v) is 13.2. The van der Waals surface area contributed by atoms with Crippen molar-refractivity contribution in [2.45, 2.75) is 31.7 Å². The molecule has 1 saturated heterocycles. The van der Waals surface area contributed by atoms with Crippen molar-refractivity contribution in [2.24, 2.45) is 0 Å². The summed E-state index contributed by atoms with van der Waals surface area (Å²) in [5.74, 6) is -0.222. The van der Waals surface area contributed by atoms with Gasteiger partial charge in [-0.3, -0.25) is 14.5 Å². The van der Waals surface area contributed by atoms with Gasteiger partial charge in [-0.05, 0) is 31.7 Å².